The minimum absolute atomic E-state index is 0.301. The lowest BCUT2D eigenvalue weighted by Crippen LogP contribution is -2.44. The number of fused-ring (bicyclic) bond motifs is 1. The third kappa shape index (κ3) is 2.98. The van der Waals surface area contributed by atoms with Gasteiger partial charge in [0, 0.05) is 31.0 Å². The van der Waals surface area contributed by atoms with Gasteiger partial charge in [0.1, 0.15) is 34.7 Å². The van der Waals surface area contributed by atoms with E-state index in [1.54, 1.807) is 16.9 Å². The van der Waals surface area contributed by atoms with Crippen LogP contribution in [0.3, 0.4) is 0 Å². The second-order valence-corrected chi connectivity index (χ2v) is 7.35. The number of ether oxygens (including phenoxy) is 1. The topological polar surface area (TPSA) is 106 Å². The summed E-state index contributed by atoms with van der Waals surface area (Å²) < 4.78 is 9.88. The van der Waals surface area contributed by atoms with Gasteiger partial charge in [-0.1, -0.05) is 11.3 Å². The largest absolute Gasteiger partial charge is 0.482 e. The molecule has 1 unspecified atom stereocenters. The van der Waals surface area contributed by atoms with Gasteiger partial charge in [-0.2, -0.15) is 10.4 Å². The Balaban J connectivity index is 1.60. The van der Waals surface area contributed by atoms with Crippen molar-refractivity contribution in [3.05, 3.63) is 59.8 Å². The molecule has 150 valence electrons. The summed E-state index contributed by atoms with van der Waals surface area (Å²) in [7, 11) is 0. The van der Waals surface area contributed by atoms with Crippen molar-refractivity contribution < 1.29 is 4.74 Å². The summed E-state index contributed by atoms with van der Waals surface area (Å²) in [6.45, 7) is 5.73. The number of aromatic nitrogens is 6. The number of nitrogens with one attached hydrogen (secondary N) is 1. The maximum absolute atomic E-state index is 9.53. The maximum atomic E-state index is 9.53. The van der Waals surface area contributed by atoms with E-state index in [0.717, 1.165) is 35.7 Å². The lowest BCUT2D eigenvalue weighted by molar-refractivity contribution is 0.224. The Hall–Kier alpha value is -3.77. The van der Waals surface area contributed by atoms with E-state index in [0.29, 0.717) is 22.9 Å². The van der Waals surface area contributed by atoms with Crippen LogP contribution in [0, 0.1) is 18.3 Å². The van der Waals surface area contributed by atoms with Gasteiger partial charge in [0.2, 0.25) is 0 Å². The van der Waals surface area contributed by atoms with E-state index in [9.17, 15) is 5.26 Å². The second-order valence-electron chi connectivity index (χ2n) is 7.35. The molecule has 4 aromatic rings. The van der Waals surface area contributed by atoms with Crippen LogP contribution in [-0.2, 0) is 0 Å². The van der Waals surface area contributed by atoms with Gasteiger partial charge in [-0.3, -0.25) is 4.98 Å². The molecule has 5 heterocycles. The number of hydrogen-bond donors (Lipinski definition) is 1. The Morgan fingerprint density at radius 2 is 2.20 bits per heavy atom. The summed E-state index contributed by atoms with van der Waals surface area (Å²) in [5, 5.41) is 25.9. The van der Waals surface area contributed by atoms with E-state index in [1.807, 2.05) is 49.0 Å². The van der Waals surface area contributed by atoms with Gasteiger partial charge < -0.3 is 10.1 Å². The highest BCUT2D eigenvalue weighted by Crippen LogP contribution is 2.33. The first-order valence-electron chi connectivity index (χ1n) is 9.77. The molecular weight excluding hydrogens is 380 g/mol. The van der Waals surface area contributed by atoms with Crippen molar-refractivity contribution in [2.75, 3.05) is 13.1 Å². The highest BCUT2D eigenvalue weighted by Gasteiger charge is 2.25. The molecule has 1 aliphatic heterocycles. The lowest BCUT2D eigenvalue weighted by atomic mass is 10.1. The standard InChI is InChI=1S/C21H20N8O/c1-13-20(26-27-29(13)17-10-23-11-17)15-7-19(21-16(8-22)9-25-28(21)12-15)30-14(2)18-5-3-4-6-24-18/h3-7,9,12,14,17,23H,10-11H2,1-2H3. The fraction of sp³-hybridized carbons (Fsp3) is 0.286. The van der Waals surface area contributed by atoms with E-state index >= 15 is 0 Å². The van der Waals surface area contributed by atoms with Crippen molar-refractivity contribution in [1.82, 2.24) is 34.9 Å². The van der Waals surface area contributed by atoms with Crippen molar-refractivity contribution in [2.24, 2.45) is 0 Å². The molecular formula is C21H20N8O. The van der Waals surface area contributed by atoms with Crippen LogP contribution in [0.15, 0.2) is 42.9 Å². The number of hydrogen-bond acceptors (Lipinski definition) is 7. The van der Waals surface area contributed by atoms with E-state index in [2.05, 4.69) is 31.8 Å². The van der Waals surface area contributed by atoms with Crippen LogP contribution in [0.2, 0.25) is 0 Å². The van der Waals surface area contributed by atoms with E-state index in [4.69, 9.17) is 4.74 Å². The highest BCUT2D eigenvalue weighted by atomic mass is 16.5. The molecule has 0 radical (unpaired) electrons. The average molecular weight is 400 g/mol. The number of nitriles is 1. The van der Waals surface area contributed by atoms with Crippen molar-refractivity contribution in [3.8, 4) is 23.1 Å². The molecule has 9 heteroatoms. The summed E-state index contributed by atoms with van der Waals surface area (Å²) in [4.78, 5) is 4.37. The SMILES string of the molecule is Cc1c(-c2cc(OC(C)c3ccccn3)c3c(C#N)cnn3c2)nnn1C1CNC1. The molecule has 1 aliphatic rings. The van der Waals surface area contributed by atoms with Crippen molar-refractivity contribution >= 4 is 5.52 Å². The molecule has 0 aromatic carbocycles. The smallest absolute Gasteiger partial charge is 0.148 e. The Kier molecular flexibility index (Phi) is 4.41. The van der Waals surface area contributed by atoms with Gasteiger partial charge >= 0.3 is 0 Å². The molecule has 0 saturated carbocycles. The van der Waals surface area contributed by atoms with Crippen LogP contribution >= 0.6 is 0 Å². The van der Waals surface area contributed by atoms with E-state index in [1.165, 1.54) is 0 Å². The predicted octanol–water partition coefficient (Wildman–Crippen LogP) is 2.45. The Bertz CT molecular complexity index is 1250. The van der Waals surface area contributed by atoms with Gasteiger partial charge in [-0.05, 0) is 32.0 Å². The minimum atomic E-state index is -0.301. The quantitative estimate of drug-likeness (QED) is 0.548. The molecule has 0 amide bonds. The molecule has 1 saturated heterocycles. The third-order valence-corrected chi connectivity index (χ3v) is 5.41. The zero-order chi connectivity index (χ0) is 20.7. The zero-order valence-corrected chi connectivity index (χ0v) is 16.6. The van der Waals surface area contributed by atoms with Gasteiger partial charge in [-0.15, -0.1) is 5.10 Å². The summed E-state index contributed by atoms with van der Waals surface area (Å²) in [6, 6.07) is 10.1. The highest BCUT2D eigenvalue weighted by molar-refractivity contribution is 5.74. The van der Waals surface area contributed by atoms with Crippen molar-refractivity contribution in [1.29, 1.82) is 5.26 Å². The van der Waals surface area contributed by atoms with Gasteiger partial charge in [0.05, 0.1) is 23.6 Å². The van der Waals surface area contributed by atoms with Crippen LogP contribution in [0.5, 0.6) is 5.75 Å². The average Bonchev–Trinajstić information content (AvgIpc) is 3.31. The van der Waals surface area contributed by atoms with E-state index in [-0.39, 0.29) is 6.10 Å². The number of rotatable bonds is 5. The normalized spacial score (nSPS) is 15.0. The van der Waals surface area contributed by atoms with Gasteiger partial charge in [-0.25, -0.2) is 9.20 Å². The monoisotopic (exact) mass is 400 g/mol. The fourth-order valence-corrected chi connectivity index (χ4v) is 3.65. The van der Waals surface area contributed by atoms with E-state index < -0.39 is 0 Å². The molecule has 30 heavy (non-hydrogen) atoms. The first-order chi connectivity index (χ1) is 14.7. The molecule has 1 atom stereocenters. The Labute approximate surface area is 172 Å². The predicted molar refractivity (Wildman–Crippen MR) is 109 cm³/mol. The number of nitrogens with zero attached hydrogens (tertiary/aromatic N) is 7. The molecule has 0 bridgehead atoms. The molecule has 4 aromatic heterocycles. The zero-order valence-electron chi connectivity index (χ0n) is 16.6. The molecule has 0 aliphatic carbocycles. The molecule has 0 spiro atoms. The van der Waals surface area contributed by atoms with Crippen LogP contribution in [0.25, 0.3) is 16.8 Å². The van der Waals surface area contributed by atoms with Crippen LogP contribution in [0.1, 0.15) is 36.0 Å². The molecule has 1 fully saturated rings. The number of pyridine rings is 2. The van der Waals surface area contributed by atoms with Crippen LogP contribution in [-0.4, -0.2) is 42.7 Å². The maximum Gasteiger partial charge on any atom is 0.148 e. The molecule has 5 rings (SSSR count). The first-order valence-corrected chi connectivity index (χ1v) is 9.77. The van der Waals surface area contributed by atoms with Gasteiger partial charge in [0.25, 0.3) is 0 Å². The second kappa shape index (κ2) is 7.24. The third-order valence-electron chi connectivity index (χ3n) is 5.41. The van der Waals surface area contributed by atoms with Crippen LogP contribution < -0.4 is 10.1 Å². The van der Waals surface area contributed by atoms with Crippen molar-refractivity contribution in [2.45, 2.75) is 26.0 Å². The fourth-order valence-electron chi connectivity index (χ4n) is 3.65. The van der Waals surface area contributed by atoms with Gasteiger partial charge in [0.15, 0.2) is 0 Å². The molecule has 1 N–H and O–H groups in total. The first kappa shape index (κ1) is 18.3. The Morgan fingerprint density at radius 1 is 1.33 bits per heavy atom. The summed E-state index contributed by atoms with van der Waals surface area (Å²) in [5.41, 5.74) is 4.46. The van der Waals surface area contributed by atoms with Crippen LogP contribution in [0.4, 0.5) is 0 Å². The lowest BCUT2D eigenvalue weighted by Gasteiger charge is -2.27. The Morgan fingerprint density at radius 3 is 2.90 bits per heavy atom. The summed E-state index contributed by atoms with van der Waals surface area (Å²) in [5.74, 6) is 0.555. The summed E-state index contributed by atoms with van der Waals surface area (Å²) >= 11 is 0. The summed E-state index contributed by atoms with van der Waals surface area (Å²) in [6.07, 6.45) is 4.83. The van der Waals surface area contributed by atoms with Crippen molar-refractivity contribution in [3.63, 3.8) is 0 Å². The molecule has 9 nitrogen and oxygen atoms in total. The minimum Gasteiger partial charge on any atom is -0.482 e.